The van der Waals surface area contributed by atoms with Crippen LogP contribution in [-0.4, -0.2) is 24.5 Å². The first kappa shape index (κ1) is 16.5. The Bertz CT molecular complexity index is 450. The summed E-state index contributed by atoms with van der Waals surface area (Å²) in [5.74, 6) is 1.37. The molecule has 0 bridgehead atoms. The lowest BCUT2D eigenvalue weighted by atomic mass is 9.96. The molecule has 0 amide bonds. The molecule has 0 saturated carbocycles. The highest BCUT2D eigenvalue weighted by molar-refractivity contribution is 5.96. The van der Waals surface area contributed by atoms with Gasteiger partial charge in [0.1, 0.15) is 0 Å². The third-order valence-electron chi connectivity index (χ3n) is 2.86. The third-order valence-corrected chi connectivity index (χ3v) is 2.86. The van der Waals surface area contributed by atoms with Crippen LogP contribution >= 0.6 is 0 Å². The van der Waals surface area contributed by atoms with Crippen molar-refractivity contribution < 1.29 is 14.3 Å². The van der Waals surface area contributed by atoms with Gasteiger partial charge < -0.3 is 15.2 Å². The van der Waals surface area contributed by atoms with Gasteiger partial charge in [0.05, 0.1) is 13.2 Å². The molecule has 4 nitrogen and oxygen atoms in total. The normalized spacial score (nSPS) is 11.2. The van der Waals surface area contributed by atoms with Gasteiger partial charge in [-0.3, -0.25) is 4.79 Å². The molecular weight excluding hydrogens is 254 g/mol. The Hall–Kier alpha value is -1.55. The SMILES string of the molecule is CCOc1ccc(C(=O)CCC(C)(C)N)cc1OCC. The maximum Gasteiger partial charge on any atom is 0.163 e. The van der Waals surface area contributed by atoms with Crippen LogP contribution in [0.25, 0.3) is 0 Å². The van der Waals surface area contributed by atoms with E-state index in [4.69, 9.17) is 15.2 Å². The van der Waals surface area contributed by atoms with E-state index < -0.39 is 0 Å². The summed E-state index contributed by atoms with van der Waals surface area (Å²) in [4.78, 5) is 12.2. The summed E-state index contributed by atoms with van der Waals surface area (Å²) < 4.78 is 11.0. The monoisotopic (exact) mass is 279 g/mol. The van der Waals surface area contributed by atoms with Crippen LogP contribution in [0.1, 0.15) is 50.9 Å². The number of ether oxygens (including phenoxy) is 2. The maximum absolute atomic E-state index is 12.2. The lowest BCUT2D eigenvalue weighted by molar-refractivity contribution is 0.0972. The number of hydrogen-bond donors (Lipinski definition) is 1. The summed E-state index contributed by atoms with van der Waals surface area (Å²) >= 11 is 0. The van der Waals surface area contributed by atoms with Gasteiger partial charge in [0.25, 0.3) is 0 Å². The first-order valence-electron chi connectivity index (χ1n) is 7.09. The topological polar surface area (TPSA) is 61.5 Å². The molecule has 0 aromatic heterocycles. The number of benzene rings is 1. The van der Waals surface area contributed by atoms with Crippen LogP contribution in [0.2, 0.25) is 0 Å². The van der Waals surface area contributed by atoms with Crippen LogP contribution < -0.4 is 15.2 Å². The van der Waals surface area contributed by atoms with Crippen LogP contribution in [0, 0.1) is 0 Å². The summed E-state index contributed by atoms with van der Waals surface area (Å²) in [5.41, 5.74) is 6.22. The van der Waals surface area contributed by atoms with Crippen molar-refractivity contribution in [1.82, 2.24) is 0 Å². The molecule has 1 rings (SSSR count). The lowest BCUT2D eigenvalue weighted by Crippen LogP contribution is -2.32. The number of hydrogen-bond acceptors (Lipinski definition) is 4. The van der Waals surface area contributed by atoms with Gasteiger partial charge in [-0.1, -0.05) is 0 Å². The fourth-order valence-electron chi connectivity index (χ4n) is 1.80. The van der Waals surface area contributed by atoms with E-state index >= 15 is 0 Å². The Morgan fingerprint density at radius 1 is 1.15 bits per heavy atom. The summed E-state index contributed by atoms with van der Waals surface area (Å²) in [5, 5.41) is 0. The highest BCUT2D eigenvalue weighted by Crippen LogP contribution is 2.29. The molecule has 4 heteroatoms. The van der Waals surface area contributed by atoms with Gasteiger partial charge in [0.2, 0.25) is 0 Å². The number of ketones is 1. The first-order chi connectivity index (χ1) is 9.37. The summed E-state index contributed by atoms with van der Waals surface area (Å²) in [7, 11) is 0. The van der Waals surface area contributed by atoms with Gasteiger partial charge in [-0.25, -0.2) is 0 Å². The van der Waals surface area contributed by atoms with E-state index in [1.54, 1.807) is 18.2 Å². The van der Waals surface area contributed by atoms with E-state index in [1.807, 2.05) is 27.7 Å². The molecule has 0 spiro atoms. The summed E-state index contributed by atoms with van der Waals surface area (Å²) in [6.07, 6.45) is 1.09. The molecule has 20 heavy (non-hydrogen) atoms. The number of carbonyl (C=O) groups is 1. The van der Waals surface area contributed by atoms with Crippen LogP contribution in [0.5, 0.6) is 11.5 Å². The van der Waals surface area contributed by atoms with E-state index in [0.717, 1.165) is 0 Å². The van der Waals surface area contributed by atoms with Crippen molar-refractivity contribution in [2.45, 2.75) is 46.1 Å². The average Bonchev–Trinajstić information content (AvgIpc) is 2.37. The Morgan fingerprint density at radius 3 is 2.30 bits per heavy atom. The number of rotatable bonds is 8. The molecular formula is C16H25NO3. The second-order valence-electron chi connectivity index (χ2n) is 5.44. The van der Waals surface area contributed by atoms with Crippen LogP contribution in [-0.2, 0) is 0 Å². The second-order valence-corrected chi connectivity index (χ2v) is 5.44. The van der Waals surface area contributed by atoms with Gasteiger partial charge in [-0.15, -0.1) is 0 Å². The van der Waals surface area contributed by atoms with Gasteiger partial charge in [-0.05, 0) is 52.3 Å². The molecule has 0 aliphatic heterocycles. The van der Waals surface area contributed by atoms with E-state index in [0.29, 0.717) is 43.1 Å². The molecule has 0 atom stereocenters. The molecule has 1 aromatic carbocycles. The number of nitrogens with two attached hydrogens (primary N) is 1. The van der Waals surface area contributed by atoms with Crippen molar-refractivity contribution in [3.63, 3.8) is 0 Å². The van der Waals surface area contributed by atoms with Crippen molar-refractivity contribution in [2.75, 3.05) is 13.2 Å². The molecule has 112 valence electrons. The molecule has 0 aliphatic rings. The van der Waals surface area contributed by atoms with Crippen LogP contribution in [0.15, 0.2) is 18.2 Å². The number of Topliss-reactive ketones (excluding diaryl/α,β-unsaturated/α-hetero) is 1. The number of carbonyl (C=O) groups excluding carboxylic acids is 1. The maximum atomic E-state index is 12.2. The summed E-state index contributed by atoms with van der Waals surface area (Å²) in [6, 6.07) is 5.31. The highest BCUT2D eigenvalue weighted by atomic mass is 16.5. The van der Waals surface area contributed by atoms with Crippen LogP contribution in [0.3, 0.4) is 0 Å². The van der Waals surface area contributed by atoms with Crippen molar-refractivity contribution in [2.24, 2.45) is 5.73 Å². The molecule has 0 fully saturated rings. The van der Waals surface area contributed by atoms with Gasteiger partial charge >= 0.3 is 0 Å². The van der Waals surface area contributed by atoms with Crippen LogP contribution in [0.4, 0.5) is 0 Å². The Morgan fingerprint density at radius 2 is 1.75 bits per heavy atom. The molecule has 0 unspecified atom stereocenters. The Balaban J connectivity index is 2.85. The predicted octanol–water partition coefficient (Wildman–Crippen LogP) is 3.18. The smallest absolute Gasteiger partial charge is 0.163 e. The molecule has 2 N–H and O–H groups in total. The molecule has 0 aliphatic carbocycles. The fourth-order valence-corrected chi connectivity index (χ4v) is 1.80. The first-order valence-corrected chi connectivity index (χ1v) is 7.09. The molecule has 0 saturated heterocycles. The quantitative estimate of drug-likeness (QED) is 0.742. The Kier molecular flexibility index (Phi) is 6.02. The van der Waals surface area contributed by atoms with Gasteiger partial charge in [0, 0.05) is 17.5 Å². The van der Waals surface area contributed by atoms with Gasteiger partial charge in [-0.2, -0.15) is 0 Å². The zero-order chi connectivity index (χ0) is 15.2. The lowest BCUT2D eigenvalue weighted by Gasteiger charge is -2.17. The van der Waals surface area contributed by atoms with Crippen molar-refractivity contribution >= 4 is 5.78 Å². The predicted molar refractivity (Wildman–Crippen MR) is 80.6 cm³/mol. The zero-order valence-corrected chi connectivity index (χ0v) is 12.9. The zero-order valence-electron chi connectivity index (χ0n) is 12.9. The minimum atomic E-state index is -0.330. The third kappa shape index (κ3) is 5.21. The van der Waals surface area contributed by atoms with Crippen molar-refractivity contribution in [3.8, 4) is 11.5 Å². The minimum absolute atomic E-state index is 0.0764. The van der Waals surface area contributed by atoms with Gasteiger partial charge in [0.15, 0.2) is 17.3 Å². The molecule has 1 aromatic rings. The standard InChI is InChI=1S/C16H25NO3/c1-5-19-14-8-7-12(11-15(14)20-6-2)13(18)9-10-16(3,4)17/h7-8,11H,5-6,9-10,17H2,1-4H3. The molecule has 0 radical (unpaired) electrons. The van der Waals surface area contributed by atoms with E-state index in [2.05, 4.69) is 0 Å². The van der Waals surface area contributed by atoms with E-state index in [9.17, 15) is 4.79 Å². The Labute approximate surface area is 121 Å². The largest absolute Gasteiger partial charge is 0.490 e. The van der Waals surface area contributed by atoms with E-state index in [-0.39, 0.29) is 11.3 Å². The minimum Gasteiger partial charge on any atom is -0.490 e. The molecule has 0 heterocycles. The van der Waals surface area contributed by atoms with Crippen molar-refractivity contribution in [1.29, 1.82) is 0 Å². The van der Waals surface area contributed by atoms with E-state index in [1.165, 1.54) is 0 Å². The second kappa shape index (κ2) is 7.29. The van der Waals surface area contributed by atoms with Crippen molar-refractivity contribution in [3.05, 3.63) is 23.8 Å². The average molecular weight is 279 g/mol. The fraction of sp³-hybridized carbons (Fsp3) is 0.562. The highest BCUT2D eigenvalue weighted by Gasteiger charge is 2.16. The summed E-state index contributed by atoms with van der Waals surface area (Å²) in [6.45, 7) is 8.76.